The van der Waals surface area contributed by atoms with Crippen LogP contribution in [0, 0.1) is 0 Å². The molecule has 1 rings (SSSR count). The molecule has 1 fully saturated rings. The highest BCUT2D eigenvalue weighted by atomic mass is 16.6. The van der Waals surface area contributed by atoms with E-state index in [-0.39, 0.29) is 24.8 Å². The molecule has 0 radical (unpaired) electrons. The highest BCUT2D eigenvalue weighted by Crippen LogP contribution is 2.23. The monoisotopic (exact) mass is 244 g/mol. The topological polar surface area (TPSA) is 75.8 Å². The van der Waals surface area contributed by atoms with Crippen molar-refractivity contribution in [2.24, 2.45) is 5.73 Å². The Balaban J connectivity index is 2.54. The van der Waals surface area contributed by atoms with Gasteiger partial charge in [0.25, 0.3) is 0 Å². The number of ether oxygens (including phenoxy) is 1. The molecule has 0 unspecified atom stereocenters. The molecule has 2 atom stereocenters. The fourth-order valence-electron chi connectivity index (χ4n) is 2.07. The number of aliphatic hydroxyl groups is 1. The van der Waals surface area contributed by atoms with Gasteiger partial charge >= 0.3 is 6.09 Å². The van der Waals surface area contributed by atoms with Crippen LogP contribution in [0.2, 0.25) is 0 Å². The molecule has 1 amide bonds. The predicted octanol–water partition coefficient (Wildman–Crippen LogP) is 1.10. The molecule has 0 aromatic heterocycles. The van der Waals surface area contributed by atoms with Crippen molar-refractivity contribution in [3.05, 3.63) is 0 Å². The molecule has 1 aliphatic heterocycles. The van der Waals surface area contributed by atoms with E-state index in [1.807, 2.05) is 20.8 Å². The van der Waals surface area contributed by atoms with Crippen molar-refractivity contribution < 1.29 is 14.6 Å². The lowest BCUT2D eigenvalue weighted by atomic mass is 10.1. The Hall–Kier alpha value is -0.810. The molecule has 100 valence electrons. The third-order valence-electron chi connectivity index (χ3n) is 2.81. The molecule has 0 spiro atoms. The Morgan fingerprint density at radius 3 is 2.76 bits per heavy atom. The van der Waals surface area contributed by atoms with Crippen molar-refractivity contribution in [2.75, 3.05) is 13.2 Å². The van der Waals surface area contributed by atoms with Crippen molar-refractivity contribution in [1.29, 1.82) is 0 Å². The maximum atomic E-state index is 11.9. The maximum Gasteiger partial charge on any atom is 0.410 e. The van der Waals surface area contributed by atoms with E-state index in [1.165, 1.54) is 0 Å². The number of carbonyl (C=O) groups excluding carboxylic acids is 1. The fourth-order valence-corrected chi connectivity index (χ4v) is 2.07. The molecule has 17 heavy (non-hydrogen) atoms. The molecule has 0 saturated carbocycles. The summed E-state index contributed by atoms with van der Waals surface area (Å²) in [5, 5.41) is 8.95. The lowest BCUT2D eigenvalue weighted by Gasteiger charge is -2.29. The largest absolute Gasteiger partial charge is 0.444 e. The zero-order chi connectivity index (χ0) is 13.1. The van der Waals surface area contributed by atoms with Crippen LogP contribution in [0.3, 0.4) is 0 Å². The average Bonchev–Trinajstić information content (AvgIpc) is 2.63. The normalized spacial score (nSPS) is 22.6. The van der Waals surface area contributed by atoms with Crippen LogP contribution in [0.5, 0.6) is 0 Å². The fraction of sp³-hybridized carbons (Fsp3) is 0.917. The lowest BCUT2D eigenvalue weighted by molar-refractivity contribution is 0.0211. The minimum Gasteiger partial charge on any atom is -0.444 e. The van der Waals surface area contributed by atoms with Crippen LogP contribution >= 0.6 is 0 Å². The van der Waals surface area contributed by atoms with Crippen LogP contribution in [-0.4, -0.2) is 46.9 Å². The molecule has 1 saturated heterocycles. The van der Waals surface area contributed by atoms with Crippen LogP contribution in [0.25, 0.3) is 0 Å². The summed E-state index contributed by atoms with van der Waals surface area (Å²) in [7, 11) is 0. The van der Waals surface area contributed by atoms with Gasteiger partial charge in [-0.25, -0.2) is 4.79 Å². The van der Waals surface area contributed by atoms with Crippen molar-refractivity contribution in [2.45, 2.75) is 57.7 Å². The predicted molar refractivity (Wildman–Crippen MR) is 65.6 cm³/mol. The highest BCUT2D eigenvalue weighted by Gasteiger charge is 2.32. The summed E-state index contributed by atoms with van der Waals surface area (Å²) >= 11 is 0. The number of rotatable bonds is 3. The standard InChI is InChI=1S/C12H24N2O3/c1-12(2,3)17-11(16)14-6-4-5-10(14)7-9(13)8-15/h9-10,15H,4-8,13H2,1-3H3/t9-,10-/m0/s1. The van der Waals surface area contributed by atoms with Gasteiger partial charge in [0, 0.05) is 18.6 Å². The summed E-state index contributed by atoms with van der Waals surface area (Å²) in [6, 6.07) is -0.157. The number of nitrogens with zero attached hydrogens (tertiary/aromatic N) is 1. The Bertz CT molecular complexity index is 263. The molecular weight excluding hydrogens is 220 g/mol. The molecule has 1 heterocycles. The van der Waals surface area contributed by atoms with E-state index in [9.17, 15) is 4.79 Å². The van der Waals surface area contributed by atoms with Gasteiger partial charge in [-0.3, -0.25) is 0 Å². The smallest absolute Gasteiger partial charge is 0.410 e. The molecule has 0 aromatic rings. The quantitative estimate of drug-likeness (QED) is 0.779. The SMILES string of the molecule is CC(C)(C)OC(=O)N1CCC[C@H]1C[C@H](N)CO. The molecule has 0 aliphatic carbocycles. The second kappa shape index (κ2) is 5.69. The van der Waals surface area contributed by atoms with E-state index in [0.717, 1.165) is 19.4 Å². The highest BCUT2D eigenvalue weighted by molar-refractivity contribution is 5.68. The number of nitrogens with two attached hydrogens (primary N) is 1. The van der Waals surface area contributed by atoms with E-state index in [1.54, 1.807) is 4.90 Å². The van der Waals surface area contributed by atoms with E-state index in [0.29, 0.717) is 6.42 Å². The second-order valence-electron chi connectivity index (χ2n) is 5.65. The first kappa shape index (κ1) is 14.3. The van der Waals surface area contributed by atoms with Gasteiger partial charge in [0.1, 0.15) is 5.60 Å². The number of aliphatic hydroxyl groups excluding tert-OH is 1. The minimum absolute atomic E-state index is 0.0430. The summed E-state index contributed by atoms with van der Waals surface area (Å²) in [5.41, 5.74) is 5.24. The van der Waals surface area contributed by atoms with Gasteiger partial charge in [0.15, 0.2) is 0 Å². The number of likely N-dealkylation sites (tertiary alicyclic amines) is 1. The summed E-state index contributed by atoms with van der Waals surface area (Å²) in [6.07, 6.45) is 2.27. The van der Waals surface area contributed by atoms with Crippen molar-refractivity contribution >= 4 is 6.09 Å². The molecule has 5 nitrogen and oxygen atoms in total. The van der Waals surface area contributed by atoms with Crippen molar-refractivity contribution in [3.63, 3.8) is 0 Å². The molecular formula is C12H24N2O3. The summed E-state index contributed by atoms with van der Waals surface area (Å²) < 4.78 is 5.35. The van der Waals surface area contributed by atoms with Gasteiger partial charge in [-0.15, -0.1) is 0 Å². The van der Waals surface area contributed by atoms with Gasteiger partial charge in [-0.05, 0) is 40.0 Å². The minimum atomic E-state index is -0.469. The number of hydrogen-bond acceptors (Lipinski definition) is 4. The van der Waals surface area contributed by atoms with E-state index >= 15 is 0 Å². The first-order valence-electron chi connectivity index (χ1n) is 6.19. The molecule has 1 aliphatic rings. The first-order valence-corrected chi connectivity index (χ1v) is 6.19. The zero-order valence-electron chi connectivity index (χ0n) is 11.0. The zero-order valence-corrected chi connectivity index (χ0v) is 11.0. The maximum absolute atomic E-state index is 11.9. The molecule has 0 aromatic carbocycles. The average molecular weight is 244 g/mol. The van der Waals surface area contributed by atoms with Gasteiger partial charge in [0.2, 0.25) is 0 Å². The van der Waals surface area contributed by atoms with Crippen molar-refractivity contribution in [1.82, 2.24) is 4.90 Å². The third kappa shape index (κ3) is 4.52. The van der Waals surface area contributed by atoms with Gasteiger partial charge < -0.3 is 20.5 Å². The number of hydrogen-bond donors (Lipinski definition) is 2. The molecule has 5 heteroatoms. The second-order valence-corrected chi connectivity index (χ2v) is 5.65. The van der Waals surface area contributed by atoms with Gasteiger partial charge in [-0.2, -0.15) is 0 Å². The first-order chi connectivity index (χ1) is 7.83. The van der Waals surface area contributed by atoms with Gasteiger partial charge in [-0.1, -0.05) is 0 Å². The Morgan fingerprint density at radius 1 is 1.59 bits per heavy atom. The summed E-state index contributed by atoms with van der Waals surface area (Å²) in [6.45, 7) is 6.25. The lowest BCUT2D eigenvalue weighted by Crippen LogP contribution is -2.42. The van der Waals surface area contributed by atoms with E-state index < -0.39 is 5.60 Å². The van der Waals surface area contributed by atoms with E-state index in [2.05, 4.69) is 0 Å². The number of amides is 1. The van der Waals surface area contributed by atoms with Crippen molar-refractivity contribution in [3.8, 4) is 0 Å². The van der Waals surface area contributed by atoms with E-state index in [4.69, 9.17) is 15.6 Å². The third-order valence-corrected chi connectivity index (χ3v) is 2.81. The molecule has 0 bridgehead atoms. The Labute approximate surface area is 103 Å². The summed E-state index contributed by atoms with van der Waals surface area (Å²) in [5.74, 6) is 0. The van der Waals surface area contributed by atoms with Gasteiger partial charge in [0.05, 0.1) is 6.61 Å². The van der Waals surface area contributed by atoms with Crippen LogP contribution in [0.1, 0.15) is 40.0 Å². The van der Waals surface area contributed by atoms with Crippen LogP contribution in [0.15, 0.2) is 0 Å². The van der Waals surface area contributed by atoms with Crippen LogP contribution in [0.4, 0.5) is 4.79 Å². The number of carbonyl (C=O) groups is 1. The van der Waals surface area contributed by atoms with Crippen LogP contribution in [-0.2, 0) is 4.74 Å². The Morgan fingerprint density at radius 2 is 2.24 bits per heavy atom. The summed E-state index contributed by atoms with van der Waals surface area (Å²) in [4.78, 5) is 13.7. The Kier molecular flexibility index (Phi) is 4.77. The van der Waals surface area contributed by atoms with Crippen LogP contribution < -0.4 is 5.73 Å². The molecule has 3 N–H and O–H groups in total.